The second kappa shape index (κ2) is 5.04. The number of hydrogen-bond donors (Lipinski definition) is 2. The molecule has 3 rings (SSSR count). The van der Waals surface area contributed by atoms with Crippen molar-refractivity contribution in [3.05, 3.63) is 10.4 Å². The summed E-state index contributed by atoms with van der Waals surface area (Å²) in [6.07, 6.45) is 5.00. The lowest BCUT2D eigenvalue weighted by Gasteiger charge is -2.06. The van der Waals surface area contributed by atoms with E-state index in [2.05, 4.69) is 5.32 Å². The molecule has 0 spiro atoms. The normalized spacial score (nSPS) is 18.4. The summed E-state index contributed by atoms with van der Waals surface area (Å²) in [6.45, 7) is 3.21. The molecule has 1 aromatic rings. The zero-order valence-electron chi connectivity index (χ0n) is 11.2. The van der Waals surface area contributed by atoms with Crippen LogP contribution in [0.1, 0.15) is 53.8 Å². The van der Waals surface area contributed by atoms with E-state index in [4.69, 9.17) is 10.5 Å². The number of esters is 1. The molecule has 0 radical (unpaired) electrons. The minimum atomic E-state index is -0.286. The first-order valence-electron chi connectivity index (χ1n) is 7.03. The van der Waals surface area contributed by atoms with E-state index in [0.29, 0.717) is 23.1 Å². The van der Waals surface area contributed by atoms with Gasteiger partial charge in [0.1, 0.15) is 4.88 Å². The zero-order valence-corrected chi connectivity index (χ0v) is 12.0. The van der Waals surface area contributed by atoms with Crippen molar-refractivity contribution in [1.82, 2.24) is 0 Å². The molecule has 0 saturated heterocycles. The van der Waals surface area contributed by atoms with Crippen LogP contribution in [-0.2, 0) is 4.74 Å². The lowest BCUT2D eigenvalue weighted by atomic mass is 10.1. The predicted molar refractivity (Wildman–Crippen MR) is 77.9 cm³/mol. The van der Waals surface area contributed by atoms with Crippen LogP contribution in [0, 0.1) is 5.92 Å². The van der Waals surface area contributed by atoms with Crippen LogP contribution in [0.15, 0.2) is 0 Å². The Bertz CT molecular complexity index is 490. The summed E-state index contributed by atoms with van der Waals surface area (Å²) >= 11 is 1.46. The number of nitrogens with two attached hydrogens (primary N) is 1. The molecular formula is C14H20N2O2S. The summed E-state index contributed by atoms with van der Waals surface area (Å²) < 4.78 is 5.08. The van der Waals surface area contributed by atoms with Gasteiger partial charge in [-0.1, -0.05) is 0 Å². The maximum absolute atomic E-state index is 11.9. The lowest BCUT2D eigenvalue weighted by Crippen LogP contribution is -2.05. The van der Waals surface area contributed by atoms with Crippen LogP contribution in [0.3, 0.4) is 0 Å². The van der Waals surface area contributed by atoms with Gasteiger partial charge in [-0.15, -0.1) is 11.3 Å². The third-order valence-electron chi connectivity index (χ3n) is 3.68. The molecule has 0 aromatic carbocycles. The van der Waals surface area contributed by atoms with Crippen LogP contribution in [0.4, 0.5) is 10.7 Å². The fourth-order valence-corrected chi connectivity index (χ4v) is 3.38. The Morgan fingerprint density at radius 3 is 2.74 bits per heavy atom. The number of thiophene rings is 1. The average molecular weight is 280 g/mol. The van der Waals surface area contributed by atoms with Gasteiger partial charge in [0, 0.05) is 12.1 Å². The highest BCUT2D eigenvalue weighted by molar-refractivity contribution is 7.18. The molecule has 1 heterocycles. The number of hydrogen-bond acceptors (Lipinski definition) is 5. The van der Waals surface area contributed by atoms with Crippen molar-refractivity contribution in [1.29, 1.82) is 0 Å². The van der Waals surface area contributed by atoms with Crippen molar-refractivity contribution in [3.8, 4) is 0 Å². The third-order valence-corrected chi connectivity index (χ3v) is 4.84. The zero-order chi connectivity index (χ0) is 13.4. The number of rotatable bonds is 6. The molecule has 3 N–H and O–H groups in total. The van der Waals surface area contributed by atoms with E-state index in [1.807, 2.05) is 6.92 Å². The number of nitrogens with one attached hydrogen (secondary N) is 1. The van der Waals surface area contributed by atoms with Crippen LogP contribution in [0.25, 0.3) is 0 Å². The third kappa shape index (κ3) is 2.71. The SMILES string of the molecule is CCOC(=O)c1sc(NCC2CC2)c(C2CC2)c1N. The quantitative estimate of drug-likeness (QED) is 0.785. The molecule has 0 atom stereocenters. The van der Waals surface area contributed by atoms with Gasteiger partial charge in [0.2, 0.25) is 0 Å². The van der Waals surface area contributed by atoms with Gasteiger partial charge >= 0.3 is 5.97 Å². The topological polar surface area (TPSA) is 64.3 Å². The summed E-state index contributed by atoms with van der Waals surface area (Å²) in [5, 5.41) is 4.58. The number of carbonyl (C=O) groups is 1. The van der Waals surface area contributed by atoms with E-state index in [1.165, 1.54) is 37.0 Å². The second-order valence-electron chi connectivity index (χ2n) is 5.41. The van der Waals surface area contributed by atoms with E-state index in [1.54, 1.807) is 0 Å². The summed E-state index contributed by atoms with van der Waals surface area (Å²) in [6, 6.07) is 0. The molecule has 2 aliphatic rings. The highest BCUT2D eigenvalue weighted by Crippen LogP contribution is 2.51. The molecule has 0 amide bonds. The van der Waals surface area contributed by atoms with Gasteiger partial charge in [-0.2, -0.15) is 0 Å². The molecule has 2 saturated carbocycles. The lowest BCUT2D eigenvalue weighted by molar-refractivity contribution is 0.0533. The Hall–Kier alpha value is -1.23. The Kier molecular flexibility index (Phi) is 3.39. The Balaban J connectivity index is 1.83. The van der Waals surface area contributed by atoms with Gasteiger partial charge in [0.25, 0.3) is 0 Å². The standard InChI is InChI=1S/C14H20N2O2S/c1-2-18-14(17)12-11(15)10(9-5-6-9)13(19-12)16-7-8-3-4-8/h8-9,16H,2-7,15H2,1H3. The van der Waals surface area contributed by atoms with Crippen LogP contribution >= 0.6 is 11.3 Å². The van der Waals surface area contributed by atoms with Crippen LogP contribution in [0.2, 0.25) is 0 Å². The van der Waals surface area contributed by atoms with Crippen molar-refractivity contribution in [2.75, 3.05) is 24.2 Å². The van der Waals surface area contributed by atoms with Gasteiger partial charge in [-0.05, 0) is 44.4 Å². The molecule has 2 aliphatic carbocycles. The van der Waals surface area contributed by atoms with E-state index in [9.17, 15) is 4.79 Å². The molecule has 5 heteroatoms. The fraction of sp³-hybridized carbons (Fsp3) is 0.643. The van der Waals surface area contributed by atoms with E-state index in [-0.39, 0.29) is 5.97 Å². The highest BCUT2D eigenvalue weighted by Gasteiger charge is 2.33. The molecule has 4 nitrogen and oxygen atoms in total. The largest absolute Gasteiger partial charge is 0.462 e. The highest BCUT2D eigenvalue weighted by atomic mass is 32.1. The van der Waals surface area contributed by atoms with Gasteiger partial charge in [0.05, 0.1) is 17.3 Å². The average Bonchev–Trinajstić information content (AvgIpc) is 3.27. The maximum atomic E-state index is 11.9. The summed E-state index contributed by atoms with van der Waals surface area (Å²) in [5.74, 6) is 1.06. The van der Waals surface area contributed by atoms with Crippen LogP contribution in [-0.4, -0.2) is 19.1 Å². The van der Waals surface area contributed by atoms with E-state index in [0.717, 1.165) is 23.0 Å². The maximum Gasteiger partial charge on any atom is 0.350 e. The summed E-state index contributed by atoms with van der Waals surface area (Å²) in [4.78, 5) is 12.5. The van der Waals surface area contributed by atoms with Gasteiger partial charge < -0.3 is 15.8 Å². The minimum absolute atomic E-state index is 0.286. The van der Waals surface area contributed by atoms with Crippen molar-refractivity contribution in [2.24, 2.45) is 5.92 Å². The Labute approximate surface area is 117 Å². The second-order valence-corrected chi connectivity index (χ2v) is 6.43. The summed E-state index contributed by atoms with van der Waals surface area (Å²) in [5.41, 5.74) is 7.97. The van der Waals surface area contributed by atoms with Gasteiger partial charge in [-0.25, -0.2) is 4.79 Å². The van der Waals surface area contributed by atoms with Crippen molar-refractivity contribution >= 4 is 28.0 Å². The molecule has 19 heavy (non-hydrogen) atoms. The molecule has 0 aliphatic heterocycles. The molecular weight excluding hydrogens is 260 g/mol. The first-order chi connectivity index (χ1) is 9.20. The van der Waals surface area contributed by atoms with Crippen LogP contribution in [0.5, 0.6) is 0 Å². The Morgan fingerprint density at radius 1 is 1.42 bits per heavy atom. The van der Waals surface area contributed by atoms with Gasteiger partial charge in [-0.3, -0.25) is 0 Å². The van der Waals surface area contributed by atoms with Crippen molar-refractivity contribution in [3.63, 3.8) is 0 Å². The predicted octanol–water partition coefficient (Wildman–Crippen LogP) is 3.21. The van der Waals surface area contributed by atoms with Crippen LogP contribution < -0.4 is 11.1 Å². The Morgan fingerprint density at radius 2 is 2.16 bits per heavy atom. The molecule has 0 bridgehead atoms. The van der Waals surface area contributed by atoms with Crippen molar-refractivity contribution in [2.45, 2.75) is 38.5 Å². The first-order valence-corrected chi connectivity index (χ1v) is 7.85. The van der Waals surface area contributed by atoms with E-state index >= 15 is 0 Å². The summed E-state index contributed by atoms with van der Waals surface area (Å²) in [7, 11) is 0. The van der Waals surface area contributed by atoms with Crippen molar-refractivity contribution < 1.29 is 9.53 Å². The molecule has 1 aromatic heterocycles. The smallest absolute Gasteiger partial charge is 0.350 e. The monoisotopic (exact) mass is 280 g/mol. The van der Waals surface area contributed by atoms with E-state index < -0.39 is 0 Å². The number of nitrogen functional groups attached to an aromatic ring is 1. The number of anilines is 2. The molecule has 104 valence electrons. The molecule has 2 fully saturated rings. The minimum Gasteiger partial charge on any atom is -0.462 e. The fourth-order valence-electron chi connectivity index (χ4n) is 2.27. The molecule has 0 unspecified atom stereocenters. The number of carbonyl (C=O) groups excluding carboxylic acids is 1. The number of ether oxygens (including phenoxy) is 1. The first kappa shape index (κ1) is 12.8. The van der Waals surface area contributed by atoms with Gasteiger partial charge in [0.15, 0.2) is 0 Å².